The van der Waals surface area contributed by atoms with E-state index in [1.54, 1.807) is 23.0 Å². The number of sulfonamides is 1. The molecule has 0 spiro atoms. The van der Waals surface area contributed by atoms with Gasteiger partial charge in [0.15, 0.2) is 0 Å². The van der Waals surface area contributed by atoms with Crippen LogP contribution in [0.5, 0.6) is 0 Å². The zero-order chi connectivity index (χ0) is 15.5. The Kier molecular flexibility index (Phi) is 4.29. The monoisotopic (exact) mass is 304 g/mol. The maximum absolute atomic E-state index is 12.2. The fraction of sp³-hybridized carbons (Fsp3) is 0.286. The van der Waals surface area contributed by atoms with Crippen molar-refractivity contribution in [2.75, 3.05) is 4.72 Å². The van der Waals surface area contributed by atoms with E-state index >= 15 is 0 Å². The molecule has 110 valence electrons. The summed E-state index contributed by atoms with van der Waals surface area (Å²) in [5.41, 5.74) is 1.20. The first-order chi connectivity index (χ1) is 9.92. The van der Waals surface area contributed by atoms with Gasteiger partial charge in [0, 0.05) is 12.2 Å². The van der Waals surface area contributed by atoms with E-state index in [4.69, 9.17) is 5.26 Å². The third-order valence-electron chi connectivity index (χ3n) is 2.90. The molecule has 21 heavy (non-hydrogen) atoms. The van der Waals surface area contributed by atoms with Crippen molar-refractivity contribution in [2.45, 2.75) is 31.2 Å². The highest BCUT2D eigenvalue weighted by atomic mass is 32.2. The lowest BCUT2D eigenvalue weighted by Gasteiger charge is -2.07. The highest BCUT2D eigenvalue weighted by Crippen LogP contribution is 2.17. The second-order valence-corrected chi connectivity index (χ2v) is 6.57. The third kappa shape index (κ3) is 3.61. The summed E-state index contributed by atoms with van der Waals surface area (Å²) in [7, 11) is -3.64. The maximum atomic E-state index is 12.2. The molecule has 0 amide bonds. The minimum atomic E-state index is -3.64. The molecule has 0 aliphatic carbocycles. The van der Waals surface area contributed by atoms with Gasteiger partial charge in [-0.1, -0.05) is 12.1 Å². The Labute approximate surface area is 124 Å². The van der Waals surface area contributed by atoms with Gasteiger partial charge in [-0.3, -0.25) is 9.40 Å². The van der Waals surface area contributed by atoms with Gasteiger partial charge in [0.2, 0.25) is 0 Å². The number of nitriles is 1. The first-order valence-corrected chi connectivity index (χ1v) is 7.93. The molecule has 0 atom stereocenters. The second kappa shape index (κ2) is 5.97. The summed E-state index contributed by atoms with van der Waals surface area (Å²) in [6, 6.07) is 8.42. The van der Waals surface area contributed by atoms with Crippen LogP contribution in [0.1, 0.15) is 25.5 Å². The van der Waals surface area contributed by atoms with Crippen molar-refractivity contribution in [3.63, 3.8) is 0 Å². The highest BCUT2D eigenvalue weighted by Gasteiger charge is 2.15. The van der Waals surface area contributed by atoms with Gasteiger partial charge >= 0.3 is 0 Å². The van der Waals surface area contributed by atoms with Crippen LogP contribution >= 0.6 is 0 Å². The average molecular weight is 304 g/mol. The Morgan fingerprint density at radius 2 is 2.00 bits per heavy atom. The number of anilines is 1. The van der Waals surface area contributed by atoms with E-state index in [-0.39, 0.29) is 17.4 Å². The van der Waals surface area contributed by atoms with Crippen molar-refractivity contribution in [1.29, 1.82) is 5.26 Å². The summed E-state index contributed by atoms with van der Waals surface area (Å²) in [4.78, 5) is 0.154. The maximum Gasteiger partial charge on any atom is 0.261 e. The molecule has 6 nitrogen and oxygen atoms in total. The van der Waals surface area contributed by atoms with E-state index in [0.717, 1.165) is 5.56 Å². The molecule has 0 radical (unpaired) electrons. The van der Waals surface area contributed by atoms with Gasteiger partial charge in [0.25, 0.3) is 10.0 Å². The number of aromatic nitrogens is 2. The smallest absolute Gasteiger partial charge is 0.261 e. The molecule has 0 saturated heterocycles. The number of hydrogen-bond acceptors (Lipinski definition) is 4. The van der Waals surface area contributed by atoms with Gasteiger partial charge < -0.3 is 0 Å². The largest absolute Gasteiger partial charge is 0.276 e. The molecule has 0 unspecified atom stereocenters. The average Bonchev–Trinajstić information content (AvgIpc) is 2.88. The zero-order valence-corrected chi connectivity index (χ0v) is 12.6. The lowest BCUT2D eigenvalue weighted by molar-refractivity contribution is 0.532. The summed E-state index contributed by atoms with van der Waals surface area (Å²) in [6.45, 7) is 3.92. The molecule has 1 N–H and O–H groups in total. The van der Waals surface area contributed by atoms with Crippen LogP contribution in [0.2, 0.25) is 0 Å². The van der Waals surface area contributed by atoms with Crippen LogP contribution < -0.4 is 4.72 Å². The number of nitrogens with zero attached hydrogens (tertiary/aromatic N) is 3. The molecule has 1 aromatic heterocycles. The summed E-state index contributed by atoms with van der Waals surface area (Å²) >= 11 is 0. The quantitative estimate of drug-likeness (QED) is 0.918. The second-order valence-electron chi connectivity index (χ2n) is 4.89. The SMILES string of the molecule is CC(C)n1cc(NS(=O)(=O)c2ccc(CC#N)cc2)cn1. The highest BCUT2D eigenvalue weighted by molar-refractivity contribution is 7.92. The van der Waals surface area contributed by atoms with Gasteiger partial charge in [0.1, 0.15) is 0 Å². The van der Waals surface area contributed by atoms with Crippen molar-refractivity contribution in [2.24, 2.45) is 0 Å². The van der Waals surface area contributed by atoms with Crippen molar-refractivity contribution in [3.8, 4) is 6.07 Å². The van der Waals surface area contributed by atoms with Crippen molar-refractivity contribution >= 4 is 15.7 Å². The molecule has 1 aromatic carbocycles. The molecular formula is C14H16N4O2S. The normalized spacial score (nSPS) is 11.3. The van der Waals surface area contributed by atoms with Crippen molar-refractivity contribution in [3.05, 3.63) is 42.2 Å². The lowest BCUT2D eigenvalue weighted by atomic mass is 10.2. The minimum Gasteiger partial charge on any atom is -0.276 e. The molecule has 7 heteroatoms. The number of benzene rings is 1. The Hall–Kier alpha value is -2.33. The van der Waals surface area contributed by atoms with Crippen LogP contribution in [0.15, 0.2) is 41.6 Å². The van der Waals surface area contributed by atoms with Crippen LogP contribution in [0.3, 0.4) is 0 Å². The molecule has 1 heterocycles. The Morgan fingerprint density at radius 3 is 2.52 bits per heavy atom. The topological polar surface area (TPSA) is 87.8 Å². The first kappa shape index (κ1) is 15.1. The lowest BCUT2D eigenvalue weighted by Crippen LogP contribution is -2.12. The molecule has 0 aliphatic rings. The molecule has 0 fully saturated rings. The van der Waals surface area contributed by atoms with Crippen LogP contribution in [0.4, 0.5) is 5.69 Å². The molecule has 2 rings (SSSR count). The fourth-order valence-electron chi connectivity index (χ4n) is 1.76. The van der Waals surface area contributed by atoms with Crippen LogP contribution in [0.25, 0.3) is 0 Å². The molecule has 0 aliphatic heterocycles. The molecule has 0 saturated carbocycles. The standard InChI is InChI=1S/C14H16N4O2S/c1-11(2)18-10-13(9-16-18)17-21(19,20)14-5-3-12(4-6-14)7-8-15/h3-6,9-11,17H,7H2,1-2H3. The zero-order valence-electron chi connectivity index (χ0n) is 11.8. The van der Waals surface area contributed by atoms with Gasteiger partial charge in [0.05, 0.1) is 29.3 Å². The predicted molar refractivity (Wildman–Crippen MR) is 79.2 cm³/mol. The van der Waals surface area contributed by atoms with Crippen LogP contribution in [0, 0.1) is 11.3 Å². The van der Waals surface area contributed by atoms with Crippen molar-refractivity contribution in [1.82, 2.24) is 9.78 Å². The van der Waals surface area contributed by atoms with Crippen LogP contribution in [-0.2, 0) is 16.4 Å². The number of hydrogen-bond donors (Lipinski definition) is 1. The minimum absolute atomic E-state index is 0.154. The van der Waals surface area contributed by atoms with Gasteiger partial charge in [-0.2, -0.15) is 10.4 Å². The van der Waals surface area contributed by atoms with Gasteiger partial charge in [-0.25, -0.2) is 8.42 Å². The summed E-state index contributed by atoms with van der Waals surface area (Å²) < 4.78 is 28.6. The van der Waals surface area contributed by atoms with E-state index in [0.29, 0.717) is 5.69 Å². The first-order valence-electron chi connectivity index (χ1n) is 6.45. The fourth-order valence-corrected chi connectivity index (χ4v) is 2.79. The van der Waals surface area contributed by atoms with Gasteiger partial charge in [-0.15, -0.1) is 0 Å². The summed E-state index contributed by atoms with van der Waals surface area (Å²) in [5, 5.41) is 12.7. The molecule has 2 aromatic rings. The Morgan fingerprint density at radius 1 is 1.33 bits per heavy atom. The van der Waals surface area contributed by atoms with E-state index in [9.17, 15) is 8.42 Å². The molecule has 0 bridgehead atoms. The Balaban J connectivity index is 2.19. The van der Waals surface area contributed by atoms with Gasteiger partial charge in [-0.05, 0) is 31.5 Å². The number of nitrogens with one attached hydrogen (secondary N) is 1. The molecular weight excluding hydrogens is 288 g/mol. The summed E-state index contributed by atoms with van der Waals surface area (Å²) in [5.74, 6) is 0. The van der Waals surface area contributed by atoms with E-state index in [1.165, 1.54) is 18.3 Å². The van der Waals surface area contributed by atoms with E-state index < -0.39 is 10.0 Å². The Bertz CT molecular complexity index is 755. The van der Waals surface area contributed by atoms with Crippen LogP contribution in [-0.4, -0.2) is 18.2 Å². The third-order valence-corrected chi connectivity index (χ3v) is 4.30. The predicted octanol–water partition coefficient (Wildman–Crippen LogP) is 2.33. The van der Waals surface area contributed by atoms with E-state index in [2.05, 4.69) is 9.82 Å². The van der Waals surface area contributed by atoms with E-state index in [1.807, 2.05) is 19.9 Å². The van der Waals surface area contributed by atoms with Crippen molar-refractivity contribution < 1.29 is 8.42 Å². The summed E-state index contributed by atoms with van der Waals surface area (Å²) in [6.07, 6.45) is 3.38. The number of rotatable bonds is 5.